The van der Waals surface area contributed by atoms with Gasteiger partial charge in [0, 0.05) is 11.5 Å². The highest BCUT2D eigenvalue weighted by atomic mass is 35.5. The van der Waals surface area contributed by atoms with E-state index in [1.165, 1.54) is 5.39 Å². The van der Waals surface area contributed by atoms with Gasteiger partial charge >= 0.3 is 0 Å². The molecule has 26 heavy (non-hydrogen) atoms. The normalized spacial score (nSPS) is 19.0. The van der Waals surface area contributed by atoms with Gasteiger partial charge in [0.2, 0.25) is 0 Å². The first kappa shape index (κ1) is 15.6. The maximum Gasteiger partial charge on any atom is 0.198 e. The molecule has 0 saturated heterocycles. The predicted molar refractivity (Wildman–Crippen MR) is 107 cm³/mol. The summed E-state index contributed by atoms with van der Waals surface area (Å²) >= 11 is 6.21. The van der Waals surface area contributed by atoms with Crippen molar-refractivity contribution in [1.29, 1.82) is 0 Å². The summed E-state index contributed by atoms with van der Waals surface area (Å²) in [5, 5.41) is 7.24. The second-order valence-corrected chi connectivity index (χ2v) is 7.39. The van der Waals surface area contributed by atoms with Crippen molar-refractivity contribution < 1.29 is 9.15 Å². The molecule has 3 nitrogen and oxygen atoms in total. The summed E-state index contributed by atoms with van der Waals surface area (Å²) in [6.45, 7) is 2.21. The van der Waals surface area contributed by atoms with Crippen molar-refractivity contribution >= 4 is 44.9 Å². The summed E-state index contributed by atoms with van der Waals surface area (Å²) in [7, 11) is 0. The van der Waals surface area contributed by atoms with E-state index in [4.69, 9.17) is 20.8 Å². The number of hydrogen-bond acceptors (Lipinski definition) is 3. The second kappa shape index (κ2) is 5.96. The summed E-state index contributed by atoms with van der Waals surface area (Å²) < 4.78 is 12.0. The topological polar surface area (TPSA) is 34.4 Å². The highest BCUT2D eigenvalue weighted by Gasteiger charge is 2.34. The molecule has 1 fully saturated rings. The van der Waals surface area contributed by atoms with Gasteiger partial charge in [-0.3, -0.25) is 0 Å². The van der Waals surface area contributed by atoms with Crippen LogP contribution in [0.25, 0.3) is 21.7 Å². The molecular weight excluding hydrogens is 346 g/mol. The Bertz CT molecular complexity index is 1120. The number of nitrogens with one attached hydrogen (secondary N) is 1. The van der Waals surface area contributed by atoms with Crippen LogP contribution >= 0.6 is 11.6 Å². The van der Waals surface area contributed by atoms with E-state index in [2.05, 4.69) is 36.5 Å². The molecule has 0 amide bonds. The fourth-order valence-electron chi connectivity index (χ4n) is 3.22. The summed E-state index contributed by atoms with van der Waals surface area (Å²) in [5.74, 6) is 2.26. The molecule has 1 aromatic heterocycles. The monoisotopic (exact) mass is 363 g/mol. The lowest BCUT2D eigenvalue weighted by Crippen LogP contribution is -1.98. The van der Waals surface area contributed by atoms with Gasteiger partial charge in [0.25, 0.3) is 0 Å². The predicted octanol–water partition coefficient (Wildman–Crippen LogP) is 6.77. The van der Waals surface area contributed by atoms with Gasteiger partial charge in [-0.25, -0.2) is 0 Å². The van der Waals surface area contributed by atoms with Gasteiger partial charge in [-0.2, -0.15) is 0 Å². The first-order valence-corrected chi connectivity index (χ1v) is 9.19. The maximum absolute atomic E-state index is 6.21. The molecule has 1 N–H and O–H groups in total. The fraction of sp³-hybridized carbons (Fsp3) is 0.182. The fourth-order valence-corrected chi connectivity index (χ4v) is 3.40. The number of furan rings is 1. The van der Waals surface area contributed by atoms with Gasteiger partial charge in [0.05, 0.1) is 10.7 Å². The van der Waals surface area contributed by atoms with Crippen molar-refractivity contribution in [3.05, 3.63) is 65.7 Å². The minimum Gasteiger partial charge on any atom is -0.490 e. The quantitative estimate of drug-likeness (QED) is 0.434. The molecule has 3 aromatic carbocycles. The Morgan fingerprint density at radius 1 is 1.00 bits per heavy atom. The SMILES string of the molecule is CC1C[C@@H]1Oc1ccc2cc3cc(Nc4ccccc4Cl)oc3cc2c1. The third-order valence-corrected chi connectivity index (χ3v) is 5.23. The lowest BCUT2D eigenvalue weighted by molar-refractivity contribution is 0.288. The molecule has 0 aliphatic heterocycles. The Hall–Kier alpha value is -2.65. The van der Waals surface area contributed by atoms with E-state index in [0.29, 0.717) is 22.9 Å². The molecule has 1 aliphatic rings. The number of benzene rings is 3. The van der Waals surface area contributed by atoms with Gasteiger partial charge < -0.3 is 14.5 Å². The van der Waals surface area contributed by atoms with Crippen molar-refractivity contribution in [2.45, 2.75) is 19.4 Å². The molecule has 2 atom stereocenters. The van der Waals surface area contributed by atoms with E-state index in [0.717, 1.165) is 34.2 Å². The summed E-state index contributed by atoms with van der Waals surface area (Å²) in [5.41, 5.74) is 1.66. The summed E-state index contributed by atoms with van der Waals surface area (Å²) in [6.07, 6.45) is 1.51. The maximum atomic E-state index is 6.21. The highest BCUT2D eigenvalue weighted by Crippen LogP contribution is 2.36. The van der Waals surface area contributed by atoms with Crippen LogP contribution in [-0.2, 0) is 0 Å². The van der Waals surface area contributed by atoms with Crippen LogP contribution in [0.15, 0.2) is 65.1 Å². The Balaban J connectivity index is 1.49. The molecular formula is C22H18ClNO2. The van der Waals surface area contributed by atoms with Gasteiger partial charge in [0.1, 0.15) is 17.4 Å². The van der Waals surface area contributed by atoms with Crippen molar-refractivity contribution in [1.82, 2.24) is 0 Å². The van der Waals surface area contributed by atoms with Crippen LogP contribution in [-0.4, -0.2) is 6.10 Å². The van der Waals surface area contributed by atoms with Crippen LogP contribution < -0.4 is 10.1 Å². The van der Waals surface area contributed by atoms with Crippen LogP contribution in [0.1, 0.15) is 13.3 Å². The second-order valence-electron chi connectivity index (χ2n) is 6.98. The van der Waals surface area contributed by atoms with Gasteiger partial charge in [-0.1, -0.05) is 36.7 Å². The molecule has 0 spiro atoms. The minimum atomic E-state index is 0.367. The van der Waals surface area contributed by atoms with Crippen LogP contribution in [0, 0.1) is 5.92 Å². The van der Waals surface area contributed by atoms with Gasteiger partial charge in [0.15, 0.2) is 5.88 Å². The zero-order chi connectivity index (χ0) is 17.7. The van der Waals surface area contributed by atoms with Crippen molar-refractivity contribution in [3.63, 3.8) is 0 Å². The largest absolute Gasteiger partial charge is 0.490 e. The molecule has 1 unspecified atom stereocenters. The number of para-hydroxylation sites is 1. The Labute approximate surface area is 156 Å². The van der Waals surface area contributed by atoms with Crippen molar-refractivity contribution in [3.8, 4) is 5.75 Å². The average Bonchev–Trinajstić information content (AvgIpc) is 3.17. The van der Waals surface area contributed by atoms with Gasteiger partial charge in [-0.15, -0.1) is 0 Å². The third-order valence-electron chi connectivity index (χ3n) is 4.90. The Morgan fingerprint density at radius 2 is 1.85 bits per heavy atom. The standard InChI is InChI=1S/C22H18ClNO2/c1-13-8-20(13)25-17-7-6-14-9-16-12-22(26-21(16)11-15(14)10-17)24-19-5-3-2-4-18(19)23/h2-7,9-13,20,24H,8H2,1H3/t13?,20-/m0/s1. The van der Waals surface area contributed by atoms with Crippen LogP contribution in [0.3, 0.4) is 0 Å². The summed E-state index contributed by atoms with van der Waals surface area (Å²) in [4.78, 5) is 0. The zero-order valence-corrected chi connectivity index (χ0v) is 15.1. The molecule has 4 aromatic rings. The zero-order valence-electron chi connectivity index (χ0n) is 14.3. The van der Waals surface area contributed by atoms with E-state index in [9.17, 15) is 0 Å². The molecule has 1 heterocycles. The number of ether oxygens (including phenoxy) is 1. The first-order valence-electron chi connectivity index (χ1n) is 8.81. The number of rotatable bonds is 4. The van der Waals surface area contributed by atoms with Crippen LogP contribution in [0.4, 0.5) is 11.6 Å². The number of anilines is 2. The molecule has 5 rings (SSSR count). The number of hydrogen-bond donors (Lipinski definition) is 1. The lowest BCUT2D eigenvalue weighted by Gasteiger charge is -2.06. The summed E-state index contributed by atoms with van der Waals surface area (Å²) in [6, 6.07) is 20.0. The smallest absolute Gasteiger partial charge is 0.198 e. The Kier molecular flexibility index (Phi) is 3.57. The number of halogens is 1. The van der Waals surface area contributed by atoms with Crippen LogP contribution in [0.5, 0.6) is 5.75 Å². The van der Waals surface area contributed by atoms with E-state index < -0.39 is 0 Å². The van der Waals surface area contributed by atoms with Crippen LogP contribution in [0.2, 0.25) is 5.02 Å². The van der Waals surface area contributed by atoms with E-state index in [1.54, 1.807) is 0 Å². The van der Waals surface area contributed by atoms with E-state index >= 15 is 0 Å². The van der Waals surface area contributed by atoms with E-state index in [1.807, 2.05) is 36.4 Å². The molecule has 1 aliphatic carbocycles. The molecule has 0 bridgehead atoms. The molecule has 130 valence electrons. The average molecular weight is 364 g/mol. The molecule has 4 heteroatoms. The van der Waals surface area contributed by atoms with Crippen molar-refractivity contribution in [2.75, 3.05) is 5.32 Å². The Morgan fingerprint density at radius 3 is 2.65 bits per heavy atom. The van der Waals surface area contributed by atoms with Gasteiger partial charge in [-0.05, 0) is 59.5 Å². The van der Waals surface area contributed by atoms with Crippen molar-refractivity contribution in [2.24, 2.45) is 5.92 Å². The first-order chi connectivity index (χ1) is 12.7. The lowest BCUT2D eigenvalue weighted by atomic mass is 10.1. The highest BCUT2D eigenvalue weighted by molar-refractivity contribution is 6.33. The minimum absolute atomic E-state index is 0.367. The van der Waals surface area contributed by atoms with E-state index in [-0.39, 0.29) is 0 Å². The molecule has 0 radical (unpaired) electrons. The number of fused-ring (bicyclic) bond motifs is 2. The third kappa shape index (κ3) is 2.89. The molecule has 1 saturated carbocycles.